The first-order valence-electron chi connectivity index (χ1n) is 6.78. The predicted octanol–water partition coefficient (Wildman–Crippen LogP) is 3.29. The van der Waals surface area contributed by atoms with Crippen molar-refractivity contribution in [1.82, 2.24) is 10.2 Å². The maximum absolute atomic E-state index is 10.0. The quantitative estimate of drug-likeness (QED) is 0.812. The third-order valence-electron chi connectivity index (χ3n) is 3.95. The van der Waals surface area contributed by atoms with Crippen LogP contribution in [0.3, 0.4) is 0 Å². The molecule has 0 spiro atoms. The van der Waals surface area contributed by atoms with Gasteiger partial charge in [-0.05, 0) is 25.0 Å². The van der Waals surface area contributed by atoms with Crippen LogP contribution in [0, 0.1) is 5.92 Å². The number of hydrogen-bond donors (Lipinski definition) is 3. The molecule has 1 aliphatic carbocycles. The summed E-state index contributed by atoms with van der Waals surface area (Å²) in [7, 11) is 0. The third-order valence-corrected chi connectivity index (χ3v) is 4.40. The molecule has 1 aliphatic rings. The van der Waals surface area contributed by atoms with Crippen molar-refractivity contribution in [2.45, 2.75) is 31.8 Å². The number of halogens is 1. The molecule has 1 aromatic carbocycles. The fraction of sp³-hybridized carbons (Fsp3) is 0.500. The van der Waals surface area contributed by atoms with Crippen LogP contribution in [0.4, 0.5) is 5.69 Å². The number of fused-ring (bicyclic) bond motifs is 1. The third kappa shape index (κ3) is 2.77. The van der Waals surface area contributed by atoms with Crippen molar-refractivity contribution in [3.63, 3.8) is 0 Å². The van der Waals surface area contributed by atoms with E-state index in [0.717, 1.165) is 46.9 Å². The molecule has 0 aliphatic heterocycles. The van der Waals surface area contributed by atoms with Gasteiger partial charge in [-0.1, -0.05) is 28.8 Å². The van der Waals surface area contributed by atoms with E-state index in [2.05, 4.69) is 37.5 Å². The number of nitrogens with zero attached hydrogens (tertiary/aromatic N) is 1. The molecule has 0 unspecified atom stereocenters. The molecule has 2 atom stereocenters. The second-order valence-corrected chi connectivity index (χ2v) is 6.19. The molecule has 0 radical (unpaired) electrons. The van der Waals surface area contributed by atoms with Crippen LogP contribution in [0.5, 0.6) is 0 Å². The maximum atomic E-state index is 10.0. The molecule has 1 saturated carbocycles. The number of hydrogen-bond acceptors (Lipinski definition) is 3. The van der Waals surface area contributed by atoms with Crippen molar-refractivity contribution < 1.29 is 5.11 Å². The number of aromatic nitrogens is 2. The van der Waals surface area contributed by atoms with Gasteiger partial charge >= 0.3 is 0 Å². The van der Waals surface area contributed by atoms with Crippen LogP contribution in [0.25, 0.3) is 10.9 Å². The summed E-state index contributed by atoms with van der Waals surface area (Å²) in [6, 6.07) is 4.08. The van der Waals surface area contributed by atoms with Gasteiger partial charge < -0.3 is 10.4 Å². The van der Waals surface area contributed by atoms with Crippen molar-refractivity contribution in [2.75, 3.05) is 11.9 Å². The number of aliphatic hydroxyl groups is 1. The first-order chi connectivity index (χ1) is 9.24. The molecule has 102 valence electrons. The Morgan fingerprint density at radius 3 is 3.05 bits per heavy atom. The van der Waals surface area contributed by atoms with Crippen LogP contribution in [-0.2, 0) is 0 Å². The summed E-state index contributed by atoms with van der Waals surface area (Å²) >= 11 is 3.51. The highest BCUT2D eigenvalue weighted by Crippen LogP contribution is 2.29. The Morgan fingerprint density at radius 1 is 1.37 bits per heavy atom. The largest absolute Gasteiger partial charge is 0.393 e. The Morgan fingerprint density at radius 2 is 2.21 bits per heavy atom. The zero-order valence-corrected chi connectivity index (χ0v) is 12.3. The summed E-state index contributed by atoms with van der Waals surface area (Å²) in [4.78, 5) is 0. The molecule has 0 saturated heterocycles. The van der Waals surface area contributed by atoms with Crippen LogP contribution in [-0.4, -0.2) is 28.0 Å². The Kier molecular flexibility index (Phi) is 3.75. The molecule has 1 fully saturated rings. The average molecular weight is 324 g/mol. The summed E-state index contributed by atoms with van der Waals surface area (Å²) in [5.41, 5.74) is 2.08. The molecule has 4 nitrogen and oxygen atoms in total. The minimum atomic E-state index is -0.159. The number of aliphatic hydroxyl groups excluding tert-OH is 1. The van der Waals surface area contributed by atoms with Crippen molar-refractivity contribution in [3.05, 3.63) is 22.8 Å². The number of nitrogens with one attached hydrogen (secondary N) is 2. The van der Waals surface area contributed by atoms with E-state index in [9.17, 15) is 5.11 Å². The Balaban J connectivity index is 1.75. The molecular weight excluding hydrogens is 306 g/mol. The van der Waals surface area contributed by atoms with Gasteiger partial charge in [0.25, 0.3) is 0 Å². The standard InChI is InChI=1S/C14H18BrN3O/c15-10-5-12(11-8-17-18-13(11)6-10)16-7-9-3-1-2-4-14(9)19/h5-6,8-9,14,16,19H,1-4,7H2,(H,17,18)/t9-,14+/m0/s1. The molecule has 1 heterocycles. The molecule has 19 heavy (non-hydrogen) atoms. The highest BCUT2D eigenvalue weighted by atomic mass is 79.9. The molecule has 5 heteroatoms. The van der Waals surface area contributed by atoms with Gasteiger partial charge in [0, 0.05) is 28.0 Å². The second-order valence-electron chi connectivity index (χ2n) is 5.28. The monoisotopic (exact) mass is 323 g/mol. The number of H-pyrrole nitrogens is 1. The molecule has 0 amide bonds. The van der Waals surface area contributed by atoms with E-state index in [1.807, 2.05) is 12.3 Å². The van der Waals surface area contributed by atoms with Crippen molar-refractivity contribution in [2.24, 2.45) is 5.92 Å². The molecule has 2 aromatic rings. The van der Waals surface area contributed by atoms with Crippen LogP contribution >= 0.6 is 15.9 Å². The van der Waals surface area contributed by atoms with Gasteiger partial charge in [0.15, 0.2) is 0 Å². The average Bonchev–Trinajstić information content (AvgIpc) is 2.85. The fourth-order valence-electron chi connectivity index (χ4n) is 2.83. The van der Waals surface area contributed by atoms with Crippen LogP contribution in [0.15, 0.2) is 22.8 Å². The lowest BCUT2D eigenvalue weighted by molar-refractivity contribution is 0.0763. The number of rotatable bonds is 3. The van der Waals surface area contributed by atoms with E-state index < -0.39 is 0 Å². The topological polar surface area (TPSA) is 60.9 Å². The Hall–Kier alpha value is -1.07. The first-order valence-corrected chi connectivity index (χ1v) is 7.58. The number of benzene rings is 1. The SMILES string of the molecule is O[C@@H]1CCCC[C@H]1CNc1cc(Br)cc2[nH]ncc12. The Labute approximate surface area is 120 Å². The van der Waals surface area contributed by atoms with Gasteiger partial charge in [0.2, 0.25) is 0 Å². The smallest absolute Gasteiger partial charge is 0.0682 e. The summed E-state index contributed by atoms with van der Waals surface area (Å²) in [5, 5.41) is 21.6. The lowest BCUT2D eigenvalue weighted by Gasteiger charge is -2.28. The van der Waals surface area contributed by atoms with Gasteiger partial charge in [-0.25, -0.2) is 0 Å². The molecule has 0 bridgehead atoms. The lowest BCUT2D eigenvalue weighted by Crippen LogP contribution is -2.30. The maximum Gasteiger partial charge on any atom is 0.0682 e. The van der Waals surface area contributed by atoms with Gasteiger partial charge in [0.05, 0.1) is 17.8 Å². The van der Waals surface area contributed by atoms with Crippen molar-refractivity contribution in [1.29, 1.82) is 0 Å². The van der Waals surface area contributed by atoms with E-state index >= 15 is 0 Å². The van der Waals surface area contributed by atoms with Crippen molar-refractivity contribution >= 4 is 32.5 Å². The van der Waals surface area contributed by atoms with E-state index in [1.54, 1.807) is 0 Å². The molecule has 1 aromatic heterocycles. The fourth-order valence-corrected chi connectivity index (χ4v) is 3.29. The Bertz CT molecular complexity index is 569. The molecule has 3 N–H and O–H groups in total. The predicted molar refractivity (Wildman–Crippen MR) is 80.2 cm³/mol. The summed E-state index contributed by atoms with van der Waals surface area (Å²) < 4.78 is 1.02. The second kappa shape index (κ2) is 5.51. The number of aromatic amines is 1. The van der Waals surface area contributed by atoms with Gasteiger partial charge in [-0.15, -0.1) is 0 Å². The zero-order chi connectivity index (χ0) is 13.2. The van der Waals surface area contributed by atoms with Gasteiger partial charge in [-0.2, -0.15) is 5.10 Å². The van der Waals surface area contributed by atoms with E-state index in [0.29, 0.717) is 5.92 Å². The van der Waals surface area contributed by atoms with Crippen LogP contribution in [0.1, 0.15) is 25.7 Å². The lowest BCUT2D eigenvalue weighted by atomic mass is 9.86. The minimum Gasteiger partial charge on any atom is -0.393 e. The normalized spacial score (nSPS) is 23.7. The van der Waals surface area contributed by atoms with Gasteiger partial charge in [0.1, 0.15) is 0 Å². The van der Waals surface area contributed by atoms with Crippen LogP contribution < -0.4 is 5.32 Å². The zero-order valence-electron chi connectivity index (χ0n) is 10.7. The highest BCUT2D eigenvalue weighted by Gasteiger charge is 2.22. The molecule has 3 rings (SSSR count). The summed E-state index contributed by atoms with van der Waals surface area (Å²) in [6.45, 7) is 0.817. The van der Waals surface area contributed by atoms with E-state index in [4.69, 9.17) is 0 Å². The first kappa shape index (κ1) is 12.9. The summed E-state index contributed by atoms with van der Waals surface area (Å²) in [5.74, 6) is 0.356. The van der Waals surface area contributed by atoms with E-state index in [1.165, 1.54) is 6.42 Å². The minimum absolute atomic E-state index is 0.159. The van der Waals surface area contributed by atoms with E-state index in [-0.39, 0.29) is 6.10 Å². The summed E-state index contributed by atoms with van der Waals surface area (Å²) in [6.07, 6.45) is 6.10. The highest BCUT2D eigenvalue weighted by molar-refractivity contribution is 9.10. The van der Waals surface area contributed by atoms with Crippen molar-refractivity contribution in [3.8, 4) is 0 Å². The molecular formula is C14H18BrN3O. The van der Waals surface area contributed by atoms with Crippen LogP contribution in [0.2, 0.25) is 0 Å². The number of anilines is 1. The van der Waals surface area contributed by atoms with Gasteiger partial charge in [-0.3, -0.25) is 5.10 Å².